The summed E-state index contributed by atoms with van der Waals surface area (Å²) < 4.78 is 0. The highest BCUT2D eigenvalue weighted by Crippen LogP contribution is 2.36. The van der Waals surface area contributed by atoms with Gasteiger partial charge in [-0.2, -0.15) is 0 Å². The first-order valence-corrected chi connectivity index (χ1v) is 5.95. The Morgan fingerprint density at radius 3 is 2.44 bits per heavy atom. The van der Waals surface area contributed by atoms with E-state index >= 15 is 0 Å². The van der Waals surface area contributed by atoms with Gasteiger partial charge in [-0.15, -0.1) is 0 Å². The van der Waals surface area contributed by atoms with Gasteiger partial charge in [0.25, 0.3) is 5.91 Å². The lowest BCUT2D eigenvalue weighted by Crippen LogP contribution is -2.27. The lowest BCUT2D eigenvalue weighted by atomic mass is 10.1. The van der Waals surface area contributed by atoms with E-state index in [1.807, 2.05) is 61.6 Å². The maximum Gasteiger partial charge on any atom is 0.253 e. The summed E-state index contributed by atoms with van der Waals surface area (Å²) in [4.78, 5) is 13.9. The predicted molar refractivity (Wildman–Crippen MR) is 72.7 cm³/mol. The van der Waals surface area contributed by atoms with Gasteiger partial charge in [-0.05, 0) is 18.2 Å². The summed E-state index contributed by atoms with van der Waals surface area (Å²) in [7, 11) is 1.81. The second-order valence-electron chi connectivity index (χ2n) is 4.40. The molecule has 0 bridgehead atoms. The standard InChI is InChI=1S/C15H14N2O/c1-17-13-10-6-5-9-12(13)14(15(17)18)16-11-7-3-2-4-8-11/h2-10,14,16H,1H3. The molecular weight excluding hydrogens is 224 g/mol. The molecule has 0 saturated carbocycles. The number of nitrogens with one attached hydrogen (secondary N) is 1. The van der Waals surface area contributed by atoms with Crippen molar-refractivity contribution in [1.82, 2.24) is 0 Å². The van der Waals surface area contributed by atoms with Crippen molar-refractivity contribution in [1.29, 1.82) is 0 Å². The van der Waals surface area contributed by atoms with Gasteiger partial charge in [0.1, 0.15) is 6.04 Å². The number of likely N-dealkylation sites (N-methyl/N-ethyl adjacent to an activating group) is 1. The van der Waals surface area contributed by atoms with Crippen LogP contribution in [0.4, 0.5) is 11.4 Å². The number of carbonyl (C=O) groups is 1. The molecule has 0 radical (unpaired) electrons. The second kappa shape index (κ2) is 4.18. The molecule has 1 aliphatic rings. The van der Waals surface area contributed by atoms with Crippen molar-refractivity contribution in [3.8, 4) is 0 Å². The van der Waals surface area contributed by atoms with Crippen LogP contribution in [0.5, 0.6) is 0 Å². The van der Waals surface area contributed by atoms with Gasteiger partial charge in [-0.1, -0.05) is 36.4 Å². The van der Waals surface area contributed by atoms with E-state index in [4.69, 9.17) is 0 Å². The van der Waals surface area contributed by atoms with E-state index in [9.17, 15) is 4.79 Å². The molecule has 2 aromatic carbocycles. The van der Waals surface area contributed by atoms with E-state index in [-0.39, 0.29) is 11.9 Å². The van der Waals surface area contributed by atoms with E-state index in [1.165, 1.54) is 0 Å². The molecule has 0 fully saturated rings. The Morgan fingerprint density at radius 2 is 1.67 bits per heavy atom. The molecule has 2 aromatic rings. The summed E-state index contributed by atoms with van der Waals surface area (Å²) in [5.74, 6) is 0.0834. The van der Waals surface area contributed by atoms with Gasteiger partial charge in [0, 0.05) is 24.0 Å². The minimum atomic E-state index is -0.284. The first kappa shape index (κ1) is 10.8. The zero-order valence-corrected chi connectivity index (χ0v) is 10.1. The molecule has 1 atom stereocenters. The first-order valence-electron chi connectivity index (χ1n) is 5.95. The maximum absolute atomic E-state index is 12.2. The van der Waals surface area contributed by atoms with Crippen molar-refractivity contribution in [3.63, 3.8) is 0 Å². The van der Waals surface area contributed by atoms with E-state index in [0.29, 0.717) is 0 Å². The van der Waals surface area contributed by atoms with E-state index < -0.39 is 0 Å². The maximum atomic E-state index is 12.2. The molecule has 0 spiro atoms. The van der Waals surface area contributed by atoms with Crippen molar-refractivity contribution in [2.75, 3.05) is 17.3 Å². The minimum Gasteiger partial charge on any atom is -0.370 e. The van der Waals surface area contributed by atoms with E-state index in [0.717, 1.165) is 16.9 Å². The van der Waals surface area contributed by atoms with Gasteiger partial charge in [-0.25, -0.2) is 0 Å². The van der Waals surface area contributed by atoms with E-state index in [2.05, 4.69) is 5.32 Å². The minimum absolute atomic E-state index is 0.0834. The molecule has 90 valence electrons. The third-order valence-electron chi connectivity index (χ3n) is 3.27. The Hall–Kier alpha value is -2.29. The Bertz CT molecular complexity index is 580. The lowest BCUT2D eigenvalue weighted by Gasteiger charge is -2.14. The summed E-state index contributed by atoms with van der Waals surface area (Å²) in [6.07, 6.45) is 0. The summed E-state index contributed by atoms with van der Waals surface area (Å²) >= 11 is 0. The summed E-state index contributed by atoms with van der Waals surface area (Å²) in [5, 5.41) is 3.29. The largest absolute Gasteiger partial charge is 0.370 e. The zero-order valence-electron chi connectivity index (χ0n) is 10.1. The average molecular weight is 238 g/mol. The van der Waals surface area contributed by atoms with Crippen LogP contribution in [0.2, 0.25) is 0 Å². The van der Waals surface area contributed by atoms with Crippen LogP contribution in [0.15, 0.2) is 54.6 Å². The number of carbonyl (C=O) groups excluding carboxylic acids is 1. The van der Waals surface area contributed by atoms with Crippen LogP contribution < -0.4 is 10.2 Å². The fourth-order valence-electron chi connectivity index (χ4n) is 2.32. The monoisotopic (exact) mass is 238 g/mol. The third-order valence-corrected chi connectivity index (χ3v) is 3.27. The molecule has 0 aliphatic carbocycles. The van der Waals surface area contributed by atoms with Crippen molar-refractivity contribution >= 4 is 17.3 Å². The number of hydrogen-bond acceptors (Lipinski definition) is 2. The normalized spacial score (nSPS) is 17.7. The molecule has 1 N–H and O–H groups in total. The topological polar surface area (TPSA) is 32.3 Å². The Kier molecular flexibility index (Phi) is 2.52. The summed E-state index contributed by atoms with van der Waals surface area (Å²) in [5.41, 5.74) is 2.98. The summed E-state index contributed by atoms with van der Waals surface area (Å²) in [6, 6.07) is 17.4. The zero-order chi connectivity index (χ0) is 12.5. The Labute approximate surface area is 106 Å². The molecule has 18 heavy (non-hydrogen) atoms. The summed E-state index contributed by atoms with van der Waals surface area (Å²) in [6.45, 7) is 0. The number of amides is 1. The molecule has 1 unspecified atom stereocenters. The van der Waals surface area contributed by atoms with Gasteiger partial charge in [0.2, 0.25) is 0 Å². The lowest BCUT2D eigenvalue weighted by molar-refractivity contribution is -0.118. The van der Waals surface area contributed by atoms with Gasteiger partial charge in [0.05, 0.1) is 0 Å². The van der Waals surface area contributed by atoms with Crippen molar-refractivity contribution in [2.45, 2.75) is 6.04 Å². The first-order chi connectivity index (χ1) is 8.77. The predicted octanol–water partition coefficient (Wildman–Crippen LogP) is 2.82. The van der Waals surface area contributed by atoms with Gasteiger partial charge in [-0.3, -0.25) is 4.79 Å². The van der Waals surface area contributed by atoms with Crippen LogP contribution >= 0.6 is 0 Å². The molecular formula is C15H14N2O. The number of hydrogen-bond donors (Lipinski definition) is 1. The highest BCUT2D eigenvalue weighted by Gasteiger charge is 2.34. The SMILES string of the molecule is CN1C(=O)C(Nc2ccccc2)c2ccccc21. The molecule has 1 heterocycles. The van der Waals surface area contributed by atoms with E-state index in [1.54, 1.807) is 4.90 Å². The smallest absolute Gasteiger partial charge is 0.253 e. The van der Waals surface area contributed by atoms with Crippen LogP contribution in [0.25, 0.3) is 0 Å². The number of fused-ring (bicyclic) bond motifs is 1. The number of benzene rings is 2. The molecule has 3 heteroatoms. The van der Waals surface area contributed by atoms with Gasteiger partial charge >= 0.3 is 0 Å². The molecule has 3 nitrogen and oxygen atoms in total. The number of anilines is 2. The van der Waals surface area contributed by atoms with Crippen LogP contribution in [0, 0.1) is 0 Å². The molecule has 0 aromatic heterocycles. The average Bonchev–Trinajstić information content (AvgIpc) is 2.66. The van der Waals surface area contributed by atoms with Gasteiger partial charge < -0.3 is 10.2 Å². The molecule has 1 amide bonds. The molecule has 1 aliphatic heterocycles. The van der Waals surface area contributed by atoms with Crippen LogP contribution in [-0.4, -0.2) is 13.0 Å². The van der Waals surface area contributed by atoms with Crippen molar-refractivity contribution in [2.24, 2.45) is 0 Å². The fraction of sp³-hybridized carbons (Fsp3) is 0.133. The molecule has 3 rings (SSSR count). The second-order valence-corrected chi connectivity index (χ2v) is 4.40. The number of rotatable bonds is 2. The highest BCUT2D eigenvalue weighted by atomic mass is 16.2. The third kappa shape index (κ3) is 1.64. The Morgan fingerprint density at radius 1 is 1.00 bits per heavy atom. The van der Waals surface area contributed by atoms with Gasteiger partial charge in [0.15, 0.2) is 0 Å². The van der Waals surface area contributed by atoms with Crippen molar-refractivity contribution in [3.05, 3.63) is 60.2 Å². The van der Waals surface area contributed by atoms with Crippen LogP contribution in [-0.2, 0) is 4.79 Å². The van der Waals surface area contributed by atoms with Crippen LogP contribution in [0.3, 0.4) is 0 Å². The highest BCUT2D eigenvalue weighted by molar-refractivity contribution is 6.05. The van der Waals surface area contributed by atoms with Crippen molar-refractivity contribution < 1.29 is 4.79 Å². The quantitative estimate of drug-likeness (QED) is 0.872. The number of nitrogens with zero attached hydrogens (tertiary/aromatic N) is 1. The number of para-hydroxylation sites is 2. The molecule has 0 saturated heterocycles. The van der Waals surface area contributed by atoms with Crippen LogP contribution in [0.1, 0.15) is 11.6 Å². The fourth-order valence-corrected chi connectivity index (χ4v) is 2.32. The Balaban J connectivity index is 1.96.